The Morgan fingerprint density at radius 2 is 1.80 bits per heavy atom. The van der Waals surface area contributed by atoms with Crippen molar-refractivity contribution in [1.29, 1.82) is 0 Å². The summed E-state index contributed by atoms with van der Waals surface area (Å²) in [6.45, 7) is 10.3. The molecule has 2 nitrogen and oxygen atoms in total. The summed E-state index contributed by atoms with van der Waals surface area (Å²) >= 11 is 0. The van der Waals surface area contributed by atoms with E-state index in [2.05, 4.69) is 42.3 Å². The number of hydrogen-bond donors (Lipinski definition) is 1. The first-order valence-electron chi connectivity index (χ1n) is 8.37. The van der Waals surface area contributed by atoms with E-state index in [0.29, 0.717) is 0 Å². The van der Waals surface area contributed by atoms with Gasteiger partial charge in [0.25, 0.3) is 0 Å². The molecular weight excluding hydrogens is 244 g/mol. The van der Waals surface area contributed by atoms with E-state index in [1.165, 1.54) is 56.3 Å². The van der Waals surface area contributed by atoms with E-state index in [1.54, 1.807) is 5.56 Å². The lowest BCUT2D eigenvalue weighted by molar-refractivity contribution is 0.257. The minimum absolute atomic E-state index is 1.05. The van der Waals surface area contributed by atoms with Gasteiger partial charge in [-0.15, -0.1) is 0 Å². The summed E-state index contributed by atoms with van der Waals surface area (Å²) in [6.07, 6.45) is 6.39. The van der Waals surface area contributed by atoms with E-state index in [0.717, 1.165) is 19.6 Å². The van der Waals surface area contributed by atoms with E-state index in [9.17, 15) is 0 Å². The van der Waals surface area contributed by atoms with Crippen molar-refractivity contribution in [3.05, 3.63) is 34.9 Å². The maximum absolute atomic E-state index is 3.48. The number of hydrogen-bond acceptors (Lipinski definition) is 2. The van der Waals surface area contributed by atoms with Gasteiger partial charge in [-0.1, -0.05) is 44.9 Å². The van der Waals surface area contributed by atoms with Crippen molar-refractivity contribution in [2.24, 2.45) is 0 Å². The average molecular weight is 274 g/mol. The van der Waals surface area contributed by atoms with Crippen molar-refractivity contribution in [2.75, 3.05) is 19.6 Å². The van der Waals surface area contributed by atoms with E-state index in [4.69, 9.17) is 0 Å². The second-order valence-electron chi connectivity index (χ2n) is 6.01. The lowest BCUT2D eigenvalue weighted by Gasteiger charge is -2.24. The van der Waals surface area contributed by atoms with Crippen LogP contribution in [-0.2, 0) is 19.5 Å². The molecule has 0 radical (unpaired) electrons. The molecule has 1 aromatic carbocycles. The number of nitrogens with one attached hydrogen (secondary N) is 1. The highest BCUT2D eigenvalue weighted by atomic mass is 15.1. The van der Waals surface area contributed by atoms with Gasteiger partial charge in [0.2, 0.25) is 0 Å². The predicted molar refractivity (Wildman–Crippen MR) is 86.9 cm³/mol. The van der Waals surface area contributed by atoms with Crippen molar-refractivity contribution in [3.63, 3.8) is 0 Å². The van der Waals surface area contributed by atoms with Crippen LogP contribution in [0.2, 0.25) is 0 Å². The monoisotopic (exact) mass is 274 g/mol. The van der Waals surface area contributed by atoms with Crippen molar-refractivity contribution in [3.8, 4) is 0 Å². The lowest BCUT2D eigenvalue weighted by Crippen LogP contribution is -2.27. The molecule has 0 aliphatic carbocycles. The largest absolute Gasteiger partial charge is 0.312 e. The average Bonchev–Trinajstić information content (AvgIpc) is 2.50. The van der Waals surface area contributed by atoms with Gasteiger partial charge in [-0.25, -0.2) is 0 Å². The number of fused-ring (bicyclic) bond motifs is 1. The number of unbranched alkanes of at least 4 members (excludes halogenated alkanes) is 2. The Hall–Kier alpha value is -0.860. The van der Waals surface area contributed by atoms with Crippen LogP contribution in [0.4, 0.5) is 0 Å². The van der Waals surface area contributed by atoms with Gasteiger partial charge in [-0.05, 0) is 55.6 Å². The topological polar surface area (TPSA) is 15.3 Å². The molecule has 1 N–H and O–H groups in total. The molecule has 2 rings (SSSR count). The van der Waals surface area contributed by atoms with Gasteiger partial charge in [0.05, 0.1) is 0 Å². The van der Waals surface area contributed by atoms with Crippen LogP contribution in [0.15, 0.2) is 18.2 Å². The minimum Gasteiger partial charge on any atom is -0.312 e. The fourth-order valence-corrected chi connectivity index (χ4v) is 2.92. The quantitative estimate of drug-likeness (QED) is 0.777. The zero-order valence-electron chi connectivity index (χ0n) is 13.3. The summed E-state index contributed by atoms with van der Waals surface area (Å²) in [7, 11) is 0. The standard InChI is InChI=1S/C18H30N2/c1-3-5-11-20(12-6-4-2)15-16-7-8-17-9-10-19-14-18(17)13-16/h7-8,13,19H,3-6,9-12,14-15H2,1-2H3. The highest BCUT2D eigenvalue weighted by Crippen LogP contribution is 2.17. The van der Waals surface area contributed by atoms with E-state index in [1.807, 2.05) is 0 Å². The fourth-order valence-electron chi connectivity index (χ4n) is 2.92. The molecule has 2 heteroatoms. The zero-order chi connectivity index (χ0) is 14.2. The third kappa shape index (κ3) is 4.60. The van der Waals surface area contributed by atoms with Gasteiger partial charge in [0, 0.05) is 13.1 Å². The number of nitrogens with zero attached hydrogens (tertiary/aromatic N) is 1. The summed E-state index contributed by atoms with van der Waals surface area (Å²) in [6, 6.07) is 7.12. The van der Waals surface area contributed by atoms with Crippen molar-refractivity contribution >= 4 is 0 Å². The van der Waals surface area contributed by atoms with Crippen LogP contribution in [0.5, 0.6) is 0 Å². The predicted octanol–water partition coefficient (Wildman–Crippen LogP) is 3.73. The maximum Gasteiger partial charge on any atom is 0.0233 e. The SMILES string of the molecule is CCCCN(CCCC)Cc1ccc2c(c1)CNCC2. The molecule has 0 aromatic heterocycles. The molecule has 0 saturated heterocycles. The lowest BCUT2D eigenvalue weighted by atomic mass is 9.98. The highest BCUT2D eigenvalue weighted by Gasteiger charge is 2.10. The molecule has 0 bridgehead atoms. The minimum atomic E-state index is 1.05. The van der Waals surface area contributed by atoms with Crippen LogP contribution >= 0.6 is 0 Å². The van der Waals surface area contributed by atoms with E-state index in [-0.39, 0.29) is 0 Å². The molecule has 1 aliphatic heterocycles. The number of benzene rings is 1. The summed E-state index contributed by atoms with van der Waals surface area (Å²) in [5, 5.41) is 3.48. The molecule has 0 fully saturated rings. The van der Waals surface area contributed by atoms with E-state index < -0.39 is 0 Å². The van der Waals surface area contributed by atoms with Crippen LogP contribution in [-0.4, -0.2) is 24.5 Å². The third-order valence-electron chi connectivity index (χ3n) is 4.22. The van der Waals surface area contributed by atoms with Gasteiger partial charge in [-0.2, -0.15) is 0 Å². The van der Waals surface area contributed by atoms with Crippen LogP contribution in [0.25, 0.3) is 0 Å². The second-order valence-corrected chi connectivity index (χ2v) is 6.01. The Kier molecular flexibility index (Phi) is 6.55. The van der Waals surface area contributed by atoms with Gasteiger partial charge in [0.1, 0.15) is 0 Å². The van der Waals surface area contributed by atoms with E-state index >= 15 is 0 Å². The molecule has 1 heterocycles. The van der Waals surface area contributed by atoms with Crippen LogP contribution in [0.3, 0.4) is 0 Å². The number of rotatable bonds is 8. The van der Waals surface area contributed by atoms with Crippen molar-refractivity contribution in [1.82, 2.24) is 10.2 Å². The Morgan fingerprint density at radius 1 is 1.05 bits per heavy atom. The third-order valence-corrected chi connectivity index (χ3v) is 4.22. The molecule has 0 spiro atoms. The van der Waals surface area contributed by atoms with Gasteiger partial charge < -0.3 is 5.32 Å². The molecule has 112 valence electrons. The first kappa shape index (κ1) is 15.5. The Morgan fingerprint density at radius 3 is 2.50 bits per heavy atom. The van der Waals surface area contributed by atoms with Crippen LogP contribution in [0, 0.1) is 0 Å². The second kappa shape index (κ2) is 8.43. The Labute approximate surface area is 124 Å². The highest BCUT2D eigenvalue weighted by molar-refractivity contribution is 5.33. The smallest absolute Gasteiger partial charge is 0.0233 e. The summed E-state index contributed by atoms with van der Waals surface area (Å²) in [5.41, 5.74) is 4.54. The fraction of sp³-hybridized carbons (Fsp3) is 0.667. The van der Waals surface area contributed by atoms with Crippen LogP contribution in [0.1, 0.15) is 56.2 Å². The zero-order valence-corrected chi connectivity index (χ0v) is 13.3. The Balaban J connectivity index is 1.97. The molecular formula is C18H30N2. The molecule has 0 unspecified atom stereocenters. The Bertz CT molecular complexity index is 392. The normalized spacial score (nSPS) is 14.6. The van der Waals surface area contributed by atoms with Gasteiger partial charge in [-0.3, -0.25) is 4.90 Å². The maximum atomic E-state index is 3.48. The molecule has 0 amide bonds. The van der Waals surface area contributed by atoms with Crippen LogP contribution < -0.4 is 5.32 Å². The first-order chi connectivity index (χ1) is 9.83. The molecule has 0 atom stereocenters. The van der Waals surface area contributed by atoms with Crippen molar-refractivity contribution in [2.45, 2.75) is 59.0 Å². The van der Waals surface area contributed by atoms with Gasteiger partial charge in [0.15, 0.2) is 0 Å². The summed E-state index contributed by atoms with van der Waals surface area (Å²) < 4.78 is 0. The first-order valence-corrected chi connectivity index (χ1v) is 8.37. The van der Waals surface area contributed by atoms with Gasteiger partial charge >= 0.3 is 0 Å². The molecule has 1 aromatic rings. The summed E-state index contributed by atoms with van der Waals surface area (Å²) in [4.78, 5) is 2.63. The van der Waals surface area contributed by atoms with Crippen molar-refractivity contribution < 1.29 is 0 Å². The molecule has 20 heavy (non-hydrogen) atoms. The molecule has 0 saturated carbocycles. The summed E-state index contributed by atoms with van der Waals surface area (Å²) in [5.74, 6) is 0. The molecule has 1 aliphatic rings.